The molecule has 0 saturated carbocycles. The van der Waals surface area contributed by atoms with Crippen LogP contribution in [0.3, 0.4) is 0 Å². The first-order valence-corrected chi connectivity index (χ1v) is 13.4. The molecule has 0 aromatic heterocycles. The quantitative estimate of drug-likeness (QED) is 0.105. The number of allylic oxidation sites excluding steroid dienone is 4. The van der Waals surface area contributed by atoms with E-state index in [2.05, 4.69) is 19.1 Å². The first-order valence-electron chi connectivity index (χ1n) is 13.4. The minimum atomic E-state index is -1.58. The topological polar surface area (TPSA) is 163 Å². The number of rotatable bonds is 17. The predicted octanol–water partition coefficient (Wildman–Crippen LogP) is 1.17. The molecule has 1 aliphatic carbocycles. The summed E-state index contributed by atoms with van der Waals surface area (Å²) in [5, 5.41) is 48.3. The third-order valence-electron chi connectivity index (χ3n) is 6.90. The third kappa shape index (κ3) is 10.2. The molecular weight excluding hydrogens is 484 g/mol. The largest absolute Gasteiger partial charge is 0.457 e. The van der Waals surface area contributed by atoms with E-state index in [0.717, 1.165) is 44.9 Å². The second-order valence-electron chi connectivity index (χ2n) is 9.78. The molecule has 0 aromatic carbocycles. The monoisotopic (exact) mass is 528 g/mol. The molecule has 0 spiro atoms. The summed E-state index contributed by atoms with van der Waals surface area (Å²) >= 11 is 0. The van der Waals surface area contributed by atoms with Crippen molar-refractivity contribution in [3.05, 3.63) is 24.3 Å². The van der Waals surface area contributed by atoms with E-state index in [0.29, 0.717) is 12.3 Å². The van der Waals surface area contributed by atoms with Crippen molar-refractivity contribution in [2.24, 2.45) is 11.8 Å². The van der Waals surface area contributed by atoms with Crippen LogP contribution in [-0.4, -0.2) is 93.9 Å². The lowest BCUT2D eigenvalue weighted by molar-refractivity contribution is -0.305. The van der Waals surface area contributed by atoms with Crippen LogP contribution in [0.15, 0.2) is 24.3 Å². The number of esters is 1. The Bertz CT molecular complexity index is 737. The second-order valence-corrected chi connectivity index (χ2v) is 9.78. The van der Waals surface area contributed by atoms with E-state index in [1.54, 1.807) is 6.08 Å². The molecular formula is C27H44O10. The maximum Gasteiger partial charge on any atom is 0.306 e. The molecule has 212 valence electrons. The molecule has 1 aliphatic heterocycles. The number of unbranched alkanes of at least 4 members (excludes halogenated alkanes) is 4. The Morgan fingerprint density at radius 2 is 1.78 bits per heavy atom. The number of carbonyl (C=O) groups is 2. The zero-order chi connectivity index (χ0) is 27.2. The lowest BCUT2D eigenvalue weighted by Gasteiger charge is -2.39. The molecule has 3 unspecified atom stereocenters. The smallest absolute Gasteiger partial charge is 0.306 e. The van der Waals surface area contributed by atoms with E-state index in [4.69, 9.17) is 14.2 Å². The fourth-order valence-electron chi connectivity index (χ4n) is 4.64. The van der Waals surface area contributed by atoms with Gasteiger partial charge >= 0.3 is 5.97 Å². The molecule has 0 bridgehead atoms. The summed E-state index contributed by atoms with van der Waals surface area (Å²) in [4.78, 5) is 24.2. The van der Waals surface area contributed by atoms with Crippen molar-refractivity contribution in [1.29, 1.82) is 0 Å². The molecule has 1 saturated heterocycles. The summed E-state index contributed by atoms with van der Waals surface area (Å²) in [6.45, 7) is 0.697. The van der Waals surface area contributed by atoms with Crippen LogP contribution >= 0.6 is 0 Å². The van der Waals surface area contributed by atoms with Crippen LogP contribution in [-0.2, 0) is 23.8 Å². The number of ketones is 1. The molecule has 2 rings (SSSR count). The maximum atomic E-state index is 12.1. The minimum Gasteiger partial charge on any atom is -0.457 e. The molecule has 37 heavy (non-hydrogen) atoms. The van der Waals surface area contributed by atoms with Crippen LogP contribution in [0.25, 0.3) is 0 Å². The zero-order valence-corrected chi connectivity index (χ0v) is 21.7. The Morgan fingerprint density at radius 3 is 2.49 bits per heavy atom. The van der Waals surface area contributed by atoms with Crippen LogP contribution in [0.2, 0.25) is 0 Å². The van der Waals surface area contributed by atoms with Gasteiger partial charge in [0.15, 0.2) is 12.1 Å². The van der Waals surface area contributed by atoms with Crippen molar-refractivity contribution in [2.45, 2.75) is 102 Å². The summed E-state index contributed by atoms with van der Waals surface area (Å²) in [7, 11) is 0. The minimum absolute atomic E-state index is 0.0710. The highest BCUT2D eigenvalue weighted by Gasteiger charge is 2.44. The van der Waals surface area contributed by atoms with Crippen molar-refractivity contribution in [3.8, 4) is 0 Å². The average Bonchev–Trinajstić information content (AvgIpc) is 3.24. The third-order valence-corrected chi connectivity index (χ3v) is 6.90. The first-order chi connectivity index (χ1) is 17.8. The summed E-state index contributed by atoms with van der Waals surface area (Å²) < 4.78 is 15.8. The van der Waals surface area contributed by atoms with E-state index in [1.165, 1.54) is 0 Å². The number of hydrogen-bond donors (Lipinski definition) is 5. The molecule has 1 fully saturated rings. The van der Waals surface area contributed by atoms with E-state index >= 15 is 0 Å². The van der Waals surface area contributed by atoms with Gasteiger partial charge in [-0.3, -0.25) is 9.59 Å². The first kappa shape index (κ1) is 31.6. The van der Waals surface area contributed by atoms with Gasteiger partial charge in [-0.05, 0) is 37.7 Å². The van der Waals surface area contributed by atoms with Crippen LogP contribution in [0.4, 0.5) is 0 Å². The summed E-state index contributed by atoms with van der Waals surface area (Å²) in [5.74, 6) is 0.129. The average molecular weight is 529 g/mol. The SMILES string of the molecule is CC/C=C/CC1C(=O)C=CC1CCCCCCCC(=O)OC(CO)CO[C@@H]1O[C@H](CO)[C@H](O)[C@H](O)[C@H]1O. The van der Waals surface area contributed by atoms with Gasteiger partial charge in [0, 0.05) is 12.3 Å². The van der Waals surface area contributed by atoms with Gasteiger partial charge in [0.1, 0.15) is 30.5 Å². The van der Waals surface area contributed by atoms with Crippen LogP contribution < -0.4 is 0 Å². The number of carbonyl (C=O) groups excluding carboxylic acids is 2. The Hall–Kier alpha value is -1.66. The fourth-order valence-corrected chi connectivity index (χ4v) is 4.64. The lowest BCUT2D eigenvalue weighted by Crippen LogP contribution is -2.59. The number of ether oxygens (including phenoxy) is 3. The molecule has 10 nitrogen and oxygen atoms in total. The summed E-state index contributed by atoms with van der Waals surface area (Å²) in [6.07, 6.45) is 7.37. The predicted molar refractivity (Wildman–Crippen MR) is 134 cm³/mol. The highest BCUT2D eigenvalue weighted by atomic mass is 16.7. The maximum absolute atomic E-state index is 12.1. The molecule has 0 aromatic rings. The molecule has 0 radical (unpaired) electrons. The molecule has 5 N–H and O–H groups in total. The van der Waals surface area contributed by atoms with Gasteiger partial charge in [0.05, 0.1) is 19.8 Å². The highest BCUT2D eigenvalue weighted by molar-refractivity contribution is 5.94. The van der Waals surface area contributed by atoms with Gasteiger partial charge in [0.25, 0.3) is 0 Å². The Kier molecular flexibility index (Phi) is 14.5. The lowest BCUT2D eigenvalue weighted by atomic mass is 9.87. The van der Waals surface area contributed by atoms with Crippen molar-refractivity contribution in [2.75, 3.05) is 19.8 Å². The molecule has 0 amide bonds. The van der Waals surface area contributed by atoms with Crippen molar-refractivity contribution < 1.29 is 49.3 Å². The molecule has 2 aliphatic rings. The van der Waals surface area contributed by atoms with Gasteiger partial charge in [-0.1, -0.05) is 50.8 Å². The van der Waals surface area contributed by atoms with Gasteiger partial charge in [-0.25, -0.2) is 0 Å². The molecule has 10 heteroatoms. The van der Waals surface area contributed by atoms with Gasteiger partial charge in [-0.15, -0.1) is 0 Å². The number of aliphatic hydroxyl groups excluding tert-OH is 5. The van der Waals surface area contributed by atoms with E-state index < -0.39 is 56.0 Å². The van der Waals surface area contributed by atoms with Crippen molar-refractivity contribution in [1.82, 2.24) is 0 Å². The Balaban J connectivity index is 1.58. The normalized spacial score (nSPS) is 30.8. The van der Waals surface area contributed by atoms with Crippen molar-refractivity contribution >= 4 is 11.8 Å². The standard InChI is InChI=1S/C27H44O10/c1-2-3-7-11-20-18(13-14-21(20)30)10-8-5-4-6-9-12-23(31)36-19(15-28)17-35-27-26(34)25(33)24(32)22(16-29)37-27/h3,7,13-14,18-20,22,24-29,32-34H,2,4-6,8-12,15-17H2,1H3/b7-3+/t18?,19?,20?,22-,24+,25+,26-,27-/m1/s1. The van der Waals surface area contributed by atoms with Crippen molar-refractivity contribution in [3.63, 3.8) is 0 Å². The van der Waals surface area contributed by atoms with E-state index in [1.807, 2.05) is 6.08 Å². The second kappa shape index (κ2) is 17.0. The zero-order valence-electron chi connectivity index (χ0n) is 21.7. The van der Waals surface area contributed by atoms with Crippen LogP contribution in [0.1, 0.15) is 64.7 Å². The molecule has 1 heterocycles. The number of aliphatic hydroxyl groups is 5. The van der Waals surface area contributed by atoms with Crippen LogP contribution in [0.5, 0.6) is 0 Å². The summed E-state index contributed by atoms with van der Waals surface area (Å²) in [5.41, 5.74) is 0. The Labute approximate surface area is 218 Å². The van der Waals surface area contributed by atoms with E-state index in [-0.39, 0.29) is 24.7 Å². The molecule has 8 atom stereocenters. The fraction of sp³-hybridized carbons (Fsp3) is 0.778. The Morgan fingerprint density at radius 1 is 1.05 bits per heavy atom. The summed E-state index contributed by atoms with van der Waals surface area (Å²) in [6, 6.07) is 0. The highest BCUT2D eigenvalue weighted by Crippen LogP contribution is 2.30. The van der Waals surface area contributed by atoms with Gasteiger partial charge in [0.2, 0.25) is 0 Å². The van der Waals surface area contributed by atoms with E-state index in [9.17, 15) is 35.1 Å². The van der Waals surface area contributed by atoms with Crippen LogP contribution in [0, 0.1) is 11.8 Å². The van der Waals surface area contributed by atoms with Gasteiger partial charge in [-0.2, -0.15) is 0 Å². The van der Waals surface area contributed by atoms with Gasteiger partial charge < -0.3 is 39.7 Å². The number of hydrogen-bond acceptors (Lipinski definition) is 10.